The van der Waals surface area contributed by atoms with E-state index in [-0.39, 0.29) is 11.4 Å². The molecule has 0 spiro atoms. The van der Waals surface area contributed by atoms with Gasteiger partial charge in [-0.1, -0.05) is 17.7 Å². The van der Waals surface area contributed by atoms with E-state index in [1.165, 1.54) is 24.3 Å². The molecule has 0 atom stereocenters. The van der Waals surface area contributed by atoms with Gasteiger partial charge in [0.2, 0.25) is 0 Å². The highest BCUT2D eigenvalue weighted by atomic mass is 19.4. The Balaban J connectivity index is 1.61. The van der Waals surface area contributed by atoms with E-state index < -0.39 is 29.2 Å². The maximum atomic E-state index is 14.6. The smallest absolute Gasteiger partial charge is 0.378 e. The second-order valence-electron chi connectivity index (χ2n) is 7.37. The van der Waals surface area contributed by atoms with Crippen LogP contribution in [0.2, 0.25) is 0 Å². The van der Waals surface area contributed by atoms with Crippen molar-refractivity contribution in [2.24, 2.45) is 0 Å². The molecule has 2 heterocycles. The molecule has 0 saturated carbocycles. The maximum Gasteiger partial charge on any atom is 0.434 e. The Morgan fingerprint density at radius 1 is 1.09 bits per heavy atom. The van der Waals surface area contributed by atoms with E-state index in [1.54, 1.807) is 24.0 Å². The molecule has 0 aliphatic carbocycles. The molecule has 0 radical (unpaired) electrons. The van der Waals surface area contributed by atoms with Crippen molar-refractivity contribution in [1.29, 1.82) is 0 Å². The lowest BCUT2D eigenvalue weighted by Gasteiger charge is -2.29. The van der Waals surface area contributed by atoms with E-state index in [2.05, 4.69) is 10.4 Å². The molecule has 1 amide bonds. The van der Waals surface area contributed by atoms with Crippen molar-refractivity contribution in [2.45, 2.75) is 13.1 Å². The highest BCUT2D eigenvalue weighted by Gasteiger charge is 2.40. The van der Waals surface area contributed by atoms with E-state index in [0.717, 1.165) is 17.8 Å². The van der Waals surface area contributed by atoms with Gasteiger partial charge in [0.05, 0.1) is 36.3 Å². The summed E-state index contributed by atoms with van der Waals surface area (Å²) >= 11 is 0. The molecule has 1 saturated heterocycles. The number of alkyl halides is 3. The van der Waals surface area contributed by atoms with Gasteiger partial charge in [-0.3, -0.25) is 4.79 Å². The molecular weight excluding hydrogens is 428 g/mol. The minimum absolute atomic E-state index is 0.0423. The third kappa shape index (κ3) is 4.45. The second-order valence-corrected chi connectivity index (χ2v) is 7.37. The van der Waals surface area contributed by atoms with Crippen LogP contribution in [0.1, 0.15) is 21.6 Å². The van der Waals surface area contributed by atoms with Crippen LogP contribution >= 0.6 is 0 Å². The quantitative estimate of drug-likeness (QED) is 0.600. The number of ether oxygens (including phenoxy) is 1. The number of anilines is 2. The summed E-state index contributed by atoms with van der Waals surface area (Å²) in [4.78, 5) is 14.5. The minimum atomic E-state index is -4.83. The standard InChI is InChI=1S/C22H20F4N4O2/c1-14-2-5-16(6-3-14)30-20(22(24,25)26)17(13-27-30)21(31)28-15-4-7-19(18(23)12-15)29-8-10-32-11-9-29/h2-7,12-13H,8-11H2,1H3,(H,28,31). The molecule has 10 heteroatoms. The van der Waals surface area contributed by atoms with Crippen molar-refractivity contribution >= 4 is 17.3 Å². The number of nitrogens with zero attached hydrogens (tertiary/aromatic N) is 3. The van der Waals surface area contributed by atoms with Crippen LogP contribution in [0.15, 0.2) is 48.7 Å². The summed E-state index contributed by atoms with van der Waals surface area (Å²) in [7, 11) is 0. The molecule has 4 rings (SSSR count). The highest BCUT2D eigenvalue weighted by molar-refractivity contribution is 6.05. The molecule has 1 fully saturated rings. The Labute approximate surface area is 181 Å². The van der Waals surface area contributed by atoms with Gasteiger partial charge in [-0.15, -0.1) is 0 Å². The average Bonchev–Trinajstić information content (AvgIpc) is 3.21. The zero-order chi connectivity index (χ0) is 22.9. The maximum absolute atomic E-state index is 14.6. The lowest BCUT2D eigenvalue weighted by atomic mass is 10.2. The number of hydrogen-bond acceptors (Lipinski definition) is 4. The van der Waals surface area contributed by atoms with Gasteiger partial charge in [-0.2, -0.15) is 18.3 Å². The predicted octanol–water partition coefficient (Wildman–Crippen LogP) is 4.43. The van der Waals surface area contributed by atoms with E-state index >= 15 is 0 Å². The number of nitrogens with one attached hydrogen (secondary N) is 1. The number of amides is 1. The van der Waals surface area contributed by atoms with Crippen molar-refractivity contribution in [2.75, 3.05) is 36.5 Å². The van der Waals surface area contributed by atoms with Crippen LogP contribution < -0.4 is 10.2 Å². The number of aryl methyl sites for hydroxylation is 1. The molecule has 32 heavy (non-hydrogen) atoms. The molecule has 1 aromatic heterocycles. The Morgan fingerprint density at radius 2 is 1.78 bits per heavy atom. The third-order valence-electron chi connectivity index (χ3n) is 5.12. The van der Waals surface area contributed by atoms with Crippen LogP contribution in [0.25, 0.3) is 5.69 Å². The monoisotopic (exact) mass is 448 g/mol. The lowest BCUT2D eigenvalue weighted by molar-refractivity contribution is -0.143. The number of hydrogen-bond donors (Lipinski definition) is 1. The number of halogens is 4. The van der Waals surface area contributed by atoms with Crippen LogP contribution in [0.4, 0.5) is 28.9 Å². The topological polar surface area (TPSA) is 59.4 Å². The van der Waals surface area contributed by atoms with Gasteiger partial charge < -0.3 is 15.0 Å². The highest BCUT2D eigenvalue weighted by Crippen LogP contribution is 2.34. The molecule has 0 unspecified atom stereocenters. The van der Waals surface area contributed by atoms with E-state index in [4.69, 9.17) is 4.74 Å². The second kappa shape index (κ2) is 8.62. The molecule has 6 nitrogen and oxygen atoms in total. The molecule has 1 aliphatic rings. The first-order valence-corrected chi connectivity index (χ1v) is 9.90. The van der Waals surface area contributed by atoms with Crippen LogP contribution in [-0.2, 0) is 10.9 Å². The number of benzene rings is 2. The Bertz CT molecular complexity index is 1120. The van der Waals surface area contributed by atoms with Gasteiger partial charge in [0, 0.05) is 18.8 Å². The summed E-state index contributed by atoms with van der Waals surface area (Å²) in [5.41, 5.74) is -0.437. The number of carbonyl (C=O) groups is 1. The van der Waals surface area contributed by atoms with Crippen LogP contribution in [0.5, 0.6) is 0 Å². The zero-order valence-electron chi connectivity index (χ0n) is 17.1. The van der Waals surface area contributed by atoms with Crippen molar-refractivity contribution in [3.05, 3.63) is 71.3 Å². The SMILES string of the molecule is Cc1ccc(-n2ncc(C(=O)Nc3ccc(N4CCOCC4)c(F)c3)c2C(F)(F)F)cc1. The first-order chi connectivity index (χ1) is 15.2. The number of rotatable bonds is 4. The summed E-state index contributed by atoms with van der Waals surface area (Å²) < 4.78 is 61.9. The molecular formula is C22H20F4N4O2. The first-order valence-electron chi connectivity index (χ1n) is 9.90. The molecule has 168 valence electrons. The Hall–Kier alpha value is -3.40. The molecule has 1 aliphatic heterocycles. The molecule has 3 aromatic rings. The largest absolute Gasteiger partial charge is 0.434 e. The molecule has 0 bridgehead atoms. The van der Waals surface area contributed by atoms with E-state index in [1.807, 2.05) is 0 Å². The number of aromatic nitrogens is 2. The van der Waals surface area contributed by atoms with Crippen molar-refractivity contribution < 1.29 is 27.1 Å². The normalized spacial score (nSPS) is 14.5. The average molecular weight is 448 g/mol. The van der Waals surface area contributed by atoms with Crippen molar-refractivity contribution in [3.8, 4) is 5.69 Å². The number of carbonyl (C=O) groups excluding carboxylic acids is 1. The van der Waals surface area contributed by atoms with Gasteiger partial charge >= 0.3 is 6.18 Å². The van der Waals surface area contributed by atoms with Gasteiger partial charge in [-0.05, 0) is 37.3 Å². The summed E-state index contributed by atoms with van der Waals surface area (Å²) in [5, 5.41) is 6.12. The van der Waals surface area contributed by atoms with Crippen LogP contribution in [0, 0.1) is 12.7 Å². The zero-order valence-corrected chi connectivity index (χ0v) is 17.1. The van der Waals surface area contributed by atoms with Gasteiger partial charge in [0.25, 0.3) is 5.91 Å². The molecule has 2 aromatic carbocycles. The van der Waals surface area contributed by atoms with Crippen LogP contribution in [-0.4, -0.2) is 42.0 Å². The van der Waals surface area contributed by atoms with Crippen molar-refractivity contribution in [3.63, 3.8) is 0 Å². The van der Waals surface area contributed by atoms with Crippen molar-refractivity contribution in [1.82, 2.24) is 9.78 Å². The fourth-order valence-corrected chi connectivity index (χ4v) is 3.51. The van der Waals surface area contributed by atoms with Gasteiger partial charge in [0.15, 0.2) is 5.69 Å². The number of morpholine rings is 1. The predicted molar refractivity (Wildman–Crippen MR) is 111 cm³/mol. The lowest BCUT2D eigenvalue weighted by Crippen LogP contribution is -2.36. The fraction of sp³-hybridized carbons (Fsp3) is 0.273. The van der Waals surface area contributed by atoms with E-state index in [9.17, 15) is 22.4 Å². The molecule has 1 N–H and O–H groups in total. The minimum Gasteiger partial charge on any atom is -0.378 e. The summed E-state index contributed by atoms with van der Waals surface area (Å²) in [6.07, 6.45) is -3.98. The Kier molecular flexibility index (Phi) is 5.88. The fourth-order valence-electron chi connectivity index (χ4n) is 3.51. The summed E-state index contributed by atoms with van der Waals surface area (Å²) in [5.74, 6) is -1.62. The van der Waals surface area contributed by atoms with Crippen LogP contribution in [0.3, 0.4) is 0 Å². The third-order valence-corrected chi connectivity index (χ3v) is 5.12. The van der Waals surface area contributed by atoms with E-state index in [0.29, 0.717) is 36.7 Å². The summed E-state index contributed by atoms with van der Waals surface area (Å²) in [6.45, 7) is 3.80. The Morgan fingerprint density at radius 3 is 2.41 bits per heavy atom. The first kappa shape index (κ1) is 21.8. The summed E-state index contributed by atoms with van der Waals surface area (Å²) in [6, 6.07) is 10.3. The van der Waals surface area contributed by atoms with Gasteiger partial charge in [0.1, 0.15) is 5.82 Å². The van der Waals surface area contributed by atoms with Gasteiger partial charge in [-0.25, -0.2) is 9.07 Å².